The van der Waals surface area contributed by atoms with Crippen molar-refractivity contribution < 1.29 is 14.7 Å². The molecule has 0 bridgehead atoms. The number of nitrogens with zero attached hydrogens (tertiary/aromatic N) is 1. The summed E-state index contributed by atoms with van der Waals surface area (Å²) in [6.07, 6.45) is 1.28. The molecule has 0 radical (unpaired) electrons. The lowest BCUT2D eigenvalue weighted by atomic mass is 9.98. The summed E-state index contributed by atoms with van der Waals surface area (Å²) in [5.74, 6) is -0.851. The third-order valence-electron chi connectivity index (χ3n) is 2.84. The van der Waals surface area contributed by atoms with Gasteiger partial charge in [-0.15, -0.1) is 0 Å². The lowest BCUT2D eigenvalue weighted by Crippen LogP contribution is -2.50. The molecule has 0 spiro atoms. The van der Waals surface area contributed by atoms with Crippen molar-refractivity contribution in [2.24, 2.45) is 16.8 Å². The molecule has 0 aromatic rings. The normalized spacial score (nSPS) is 27.8. The van der Waals surface area contributed by atoms with Gasteiger partial charge in [0.1, 0.15) is 0 Å². The average molecular weight is 229 g/mol. The Bertz CT molecular complexity index is 285. The third-order valence-corrected chi connectivity index (χ3v) is 2.84. The summed E-state index contributed by atoms with van der Waals surface area (Å²) in [5, 5.41) is 14.3. The van der Waals surface area contributed by atoms with Crippen LogP contribution < -0.4 is 11.1 Å². The Hall–Kier alpha value is -1.30. The molecule has 1 rings (SSSR count). The standard InChI is InChI=1S/C10H19N3O3/c1-3-7(8(11)13-15)9(14)12-10(2)4-5-16-6-10/h7,15H,3-6H2,1-2H3,(H2,11,13)(H,12,14). The van der Waals surface area contributed by atoms with Crippen LogP contribution in [0.5, 0.6) is 0 Å². The van der Waals surface area contributed by atoms with Crippen molar-refractivity contribution in [1.29, 1.82) is 0 Å². The summed E-state index contributed by atoms with van der Waals surface area (Å²) in [7, 11) is 0. The van der Waals surface area contributed by atoms with Crippen molar-refractivity contribution in [2.45, 2.75) is 32.2 Å². The number of carbonyl (C=O) groups is 1. The zero-order valence-electron chi connectivity index (χ0n) is 9.69. The maximum atomic E-state index is 11.9. The number of nitrogens with one attached hydrogen (secondary N) is 1. The first-order valence-electron chi connectivity index (χ1n) is 5.39. The maximum absolute atomic E-state index is 11.9. The largest absolute Gasteiger partial charge is 0.409 e. The van der Waals surface area contributed by atoms with Crippen LogP contribution >= 0.6 is 0 Å². The van der Waals surface area contributed by atoms with E-state index in [1.807, 2.05) is 13.8 Å². The monoisotopic (exact) mass is 229 g/mol. The topological polar surface area (TPSA) is 96.9 Å². The molecule has 1 aliphatic heterocycles. The van der Waals surface area contributed by atoms with Crippen LogP contribution in [0.25, 0.3) is 0 Å². The highest BCUT2D eigenvalue weighted by Gasteiger charge is 2.34. The SMILES string of the molecule is CCC(C(=O)NC1(C)CCOC1)C(N)=NO. The van der Waals surface area contributed by atoms with Crippen molar-refractivity contribution in [1.82, 2.24) is 5.32 Å². The van der Waals surface area contributed by atoms with Gasteiger partial charge < -0.3 is 21.0 Å². The van der Waals surface area contributed by atoms with E-state index in [0.717, 1.165) is 6.42 Å². The number of amides is 1. The smallest absolute Gasteiger partial charge is 0.231 e. The van der Waals surface area contributed by atoms with E-state index in [9.17, 15) is 4.79 Å². The third kappa shape index (κ3) is 2.85. The summed E-state index contributed by atoms with van der Waals surface area (Å²) in [6.45, 7) is 4.90. The molecule has 1 saturated heterocycles. The maximum Gasteiger partial charge on any atom is 0.231 e. The van der Waals surface area contributed by atoms with Gasteiger partial charge in [-0.25, -0.2) is 0 Å². The number of carbonyl (C=O) groups excluding carboxylic acids is 1. The molecule has 1 amide bonds. The quantitative estimate of drug-likeness (QED) is 0.275. The first-order valence-corrected chi connectivity index (χ1v) is 5.39. The van der Waals surface area contributed by atoms with Crippen LogP contribution in [0.2, 0.25) is 0 Å². The molecular formula is C10H19N3O3. The number of rotatable bonds is 4. The molecular weight excluding hydrogens is 210 g/mol. The molecule has 2 unspecified atom stereocenters. The Morgan fingerprint density at radius 3 is 2.88 bits per heavy atom. The van der Waals surface area contributed by atoms with Gasteiger partial charge in [-0.3, -0.25) is 4.79 Å². The van der Waals surface area contributed by atoms with Gasteiger partial charge in [0.15, 0.2) is 5.84 Å². The second-order valence-electron chi connectivity index (χ2n) is 4.34. The predicted molar refractivity (Wildman–Crippen MR) is 59.2 cm³/mol. The van der Waals surface area contributed by atoms with Crippen molar-refractivity contribution in [3.63, 3.8) is 0 Å². The van der Waals surface area contributed by atoms with E-state index < -0.39 is 5.92 Å². The minimum Gasteiger partial charge on any atom is -0.409 e. The predicted octanol–water partition coefficient (Wildman–Crippen LogP) is 0.0542. The molecule has 4 N–H and O–H groups in total. The highest BCUT2D eigenvalue weighted by atomic mass is 16.5. The first-order chi connectivity index (χ1) is 7.52. The van der Waals surface area contributed by atoms with Gasteiger partial charge in [-0.2, -0.15) is 0 Å². The van der Waals surface area contributed by atoms with Gasteiger partial charge in [0.05, 0.1) is 18.1 Å². The van der Waals surface area contributed by atoms with Crippen molar-refractivity contribution >= 4 is 11.7 Å². The second kappa shape index (κ2) is 5.16. The Morgan fingerprint density at radius 2 is 2.44 bits per heavy atom. The van der Waals surface area contributed by atoms with Gasteiger partial charge in [-0.05, 0) is 19.8 Å². The van der Waals surface area contributed by atoms with E-state index in [2.05, 4.69) is 10.5 Å². The van der Waals surface area contributed by atoms with Crippen LogP contribution in [0.3, 0.4) is 0 Å². The van der Waals surface area contributed by atoms with Crippen LogP contribution in [-0.4, -0.2) is 35.7 Å². The zero-order valence-corrected chi connectivity index (χ0v) is 9.69. The van der Waals surface area contributed by atoms with Crippen LogP contribution in [0.4, 0.5) is 0 Å². The van der Waals surface area contributed by atoms with E-state index in [4.69, 9.17) is 15.7 Å². The Balaban J connectivity index is 2.62. The molecule has 0 aromatic carbocycles. The summed E-state index contributed by atoms with van der Waals surface area (Å²) in [4.78, 5) is 11.9. The lowest BCUT2D eigenvalue weighted by molar-refractivity contribution is -0.125. The molecule has 0 saturated carbocycles. The summed E-state index contributed by atoms with van der Waals surface area (Å²) >= 11 is 0. The molecule has 16 heavy (non-hydrogen) atoms. The fourth-order valence-corrected chi connectivity index (χ4v) is 1.75. The highest BCUT2D eigenvalue weighted by molar-refractivity contribution is 6.02. The van der Waals surface area contributed by atoms with E-state index in [0.29, 0.717) is 19.6 Å². The average Bonchev–Trinajstić information content (AvgIpc) is 2.65. The number of amidine groups is 1. The minimum absolute atomic E-state index is 0.0532. The van der Waals surface area contributed by atoms with Gasteiger partial charge in [0.25, 0.3) is 0 Å². The molecule has 6 nitrogen and oxygen atoms in total. The number of ether oxygens (including phenoxy) is 1. The lowest BCUT2D eigenvalue weighted by Gasteiger charge is -2.26. The second-order valence-corrected chi connectivity index (χ2v) is 4.34. The van der Waals surface area contributed by atoms with Gasteiger partial charge in [0, 0.05) is 6.61 Å². The first kappa shape index (κ1) is 12.8. The Morgan fingerprint density at radius 1 is 1.75 bits per heavy atom. The van der Waals surface area contributed by atoms with Crippen molar-refractivity contribution in [2.75, 3.05) is 13.2 Å². The van der Waals surface area contributed by atoms with Crippen molar-refractivity contribution in [3.8, 4) is 0 Å². The van der Waals surface area contributed by atoms with Gasteiger partial charge in [-0.1, -0.05) is 12.1 Å². The van der Waals surface area contributed by atoms with Crippen LogP contribution in [0.1, 0.15) is 26.7 Å². The van der Waals surface area contributed by atoms with Crippen LogP contribution in [0, 0.1) is 5.92 Å². The van der Waals surface area contributed by atoms with Gasteiger partial charge >= 0.3 is 0 Å². The summed E-state index contributed by atoms with van der Waals surface area (Å²) < 4.78 is 5.24. The molecule has 1 aliphatic rings. The number of hydrogen-bond acceptors (Lipinski definition) is 4. The zero-order chi connectivity index (χ0) is 12.2. The molecule has 0 aliphatic carbocycles. The molecule has 1 heterocycles. The Labute approximate surface area is 94.8 Å². The van der Waals surface area contributed by atoms with E-state index in [1.54, 1.807) is 0 Å². The number of nitrogens with two attached hydrogens (primary N) is 1. The summed E-state index contributed by atoms with van der Waals surface area (Å²) in [6, 6.07) is 0. The minimum atomic E-state index is -0.581. The molecule has 92 valence electrons. The fraction of sp³-hybridized carbons (Fsp3) is 0.800. The number of oxime groups is 1. The fourth-order valence-electron chi connectivity index (χ4n) is 1.75. The van der Waals surface area contributed by atoms with Crippen LogP contribution in [-0.2, 0) is 9.53 Å². The van der Waals surface area contributed by atoms with Crippen molar-refractivity contribution in [3.05, 3.63) is 0 Å². The molecule has 6 heteroatoms. The summed E-state index contributed by atoms with van der Waals surface area (Å²) in [5.41, 5.74) is 5.12. The van der Waals surface area contributed by atoms with Gasteiger partial charge in [0.2, 0.25) is 5.91 Å². The van der Waals surface area contributed by atoms with Crippen LogP contribution in [0.15, 0.2) is 5.16 Å². The van der Waals surface area contributed by atoms with E-state index in [-0.39, 0.29) is 17.3 Å². The number of hydrogen-bond donors (Lipinski definition) is 3. The molecule has 2 atom stereocenters. The molecule has 0 aromatic heterocycles. The Kier molecular flexibility index (Phi) is 4.12. The van der Waals surface area contributed by atoms with E-state index >= 15 is 0 Å². The van der Waals surface area contributed by atoms with E-state index in [1.165, 1.54) is 0 Å². The molecule has 1 fully saturated rings. The highest BCUT2D eigenvalue weighted by Crippen LogP contribution is 2.18.